The first-order chi connectivity index (χ1) is 10.3. The molecule has 110 valence electrons. The maximum atomic E-state index is 11.8. The van der Waals surface area contributed by atoms with Crippen LogP contribution in [0.2, 0.25) is 0 Å². The summed E-state index contributed by atoms with van der Waals surface area (Å²) >= 11 is 0. The standard InChI is InChI=1S/C17H20N2O2/c1-2-21-13-7-12-19-17(20)16(14-18)11-6-10-15-8-4-3-5-9-15/h3-6,8-11H,2,7,12-13H2,1H3,(H,19,20)/b10-6+,16-11+. The van der Waals surface area contributed by atoms with Gasteiger partial charge in [0, 0.05) is 19.8 Å². The highest BCUT2D eigenvalue weighted by Crippen LogP contribution is 2.02. The van der Waals surface area contributed by atoms with Crippen LogP contribution in [0.1, 0.15) is 18.9 Å². The minimum atomic E-state index is -0.355. The maximum absolute atomic E-state index is 11.8. The lowest BCUT2D eigenvalue weighted by atomic mass is 10.2. The normalized spacial score (nSPS) is 11.3. The molecule has 0 spiro atoms. The molecule has 0 aromatic heterocycles. The molecular weight excluding hydrogens is 264 g/mol. The molecule has 1 rings (SSSR count). The number of rotatable bonds is 8. The lowest BCUT2D eigenvalue weighted by Gasteiger charge is -2.03. The van der Waals surface area contributed by atoms with E-state index in [4.69, 9.17) is 10.00 Å². The Balaban J connectivity index is 2.46. The van der Waals surface area contributed by atoms with Crippen LogP contribution in [0.4, 0.5) is 0 Å². The molecule has 1 amide bonds. The molecule has 0 radical (unpaired) electrons. The van der Waals surface area contributed by atoms with Gasteiger partial charge in [0.1, 0.15) is 11.6 Å². The zero-order valence-electron chi connectivity index (χ0n) is 12.2. The average Bonchev–Trinajstić information content (AvgIpc) is 2.52. The lowest BCUT2D eigenvalue weighted by Crippen LogP contribution is -2.26. The van der Waals surface area contributed by atoms with Gasteiger partial charge in [0.05, 0.1) is 0 Å². The van der Waals surface area contributed by atoms with E-state index in [2.05, 4.69) is 5.32 Å². The number of hydrogen-bond acceptors (Lipinski definition) is 3. The molecule has 0 aliphatic heterocycles. The third kappa shape index (κ3) is 7.09. The molecule has 0 aliphatic rings. The van der Waals surface area contributed by atoms with Crippen LogP contribution in [0.15, 0.2) is 48.1 Å². The Bertz CT molecular complexity index is 527. The third-order valence-electron chi connectivity index (χ3n) is 2.67. The summed E-state index contributed by atoms with van der Waals surface area (Å²) in [7, 11) is 0. The number of allylic oxidation sites excluding steroid dienone is 2. The fourth-order valence-corrected chi connectivity index (χ4v) is 1.60. The third-order valence-corrected chi connectivity index (χ3v) is 2.67. The summed E-state index contributed by atoms with van der Waals surface area (Å²) in [6.45, 7) is 3.70. The van der Waals surface area contributed by atoms with Crippen molar-refractivity contribution in [3.63, 3.8) is 0 Å². The summed E-state index contributed by atoms with van der Waals surface area (Å²) in [5, 5.41) is 11.7. The number of nitrogens with one attached hydrogen (secondary N) is 1. The van der Waals surface area contributed by atoms with Crippen LogP contribution < -0.4 is 5.32 Å². The second-order valence-electron chi connectivity index (χ2n) is 4.27. The van der Waals surface area contributed by atoms with E-state index in [0.29, 0.717) is 19.8 Å². The number of carbonyl (C=O) groups excluding carboxylic acids is 1. The van der Waals surface area contributed by atoms with Crippen LogP contribution >= 0.6 is 0 Å². The molecule has 21 heavy (non-hydrogen) atoms. The molecule has 1 aromatic rings. The Kier molecular flexibility index (Phi) is 8.27. The molecule has 0 unspecified atom stereocenters. The average molecular weight is 284 g/mol. The van der Waals surface area contributed by atoms with Gasteiger partial charge in [-0.3, -0.25) is 4.79 Å². The zero-order valence-corrected chi connectivity index (χ0v) is 12.2. The quantitative estimate of drug-likeness (QED) is 0.345. The Hall–Kier alpha value is -2.38. The van der Waals surface area contributed by atoms with Gasteiger partial charge in [0.15, 0.2) is 0 Å². The van der Waals surface area contributed by atoms with Gasteiger partial charge in [-0.05, 0) is 25.0 Å². The minimum absolute atomic E-state index is 0.0959. The Morgan fingerprint density at radius 1 is 1.38 bits per heavy atom. The van der Waals surface area contributed by atoms with Gasteiger partial charge in [0.25, 0.3) is 5.91 Å². The smallest absolute Gasteiger partial charge is 0.261 e. The minimum Gasteiger partial charge on any atom is -0.382 e. The second-order valence-corrected chi connectivity index (χ2v) is 4.27. The Labute approximate surface area is 125 Å². The van der Waals surface area contributed by atoms with Gasteiger partial charge < -0.3 is 10.1 Å². The molecule has 0 bridgehead atoms. The summed E-state index contributed by atoms with van der Waals surface area (Å²) in [5.41, 5.74) is 1.11. The van der Waals surface area contributed by atoms with E-state index in [1.54, 1.807) is 6.08 Å². The molecule has 0 fully saturated rings. The van der Waals surface area contributed by atoms with E-state index in [9.17, 15) is 4.79 Å². The van der Waals surface area contributed by atoms with Crippen molar-refractivity contribution in [1.29, 1.82) is 5.26 Å². The molecular formula is C17H20N2O2. The molecule has 0 heterocycles. The fourth-order valence-electron chi connectivity index (χ4n) is 1.60. The summed E-state index contributed by atoms with van der Waals surface area (Å²) in [6, 6.07) is 11.6. The van der Waals surface area contributed by atoms with Crippen molar-refractivity contribution in [2.24, 2.45) is 0 Å². The van der Waals surface area contributed by atoms with Crippen molar-refractivity contribution in [3.8, 4) is 6.07 Å². The van der Waals surface area contributed by atoms with Crippen molar-refractivity contribution < 1.29 is 9.53 Å². The van der Waals surface area contributed by atoms with Crippen molar-refractivity contribution in [2.45, 2.75) is 13.3 Å². The zero-order chi connectivity index (χ0) is 15.3. The summed E-state index contributed by atoms with van der Waals surface area (Å²) in [4.78, 5) is 11.8. The van der Waals surface area contributed by atoms with Gasteiger partial charge >= 0.3 is 0 Å². The van der Waals surface area contributed by atoms with Crippen molar-refractivity contribution in [1.82, 2.24) is 5.32 Å². The second kappa shape index (κ2) is 10.4. The van der Waals surface area contributed by atoms with E-state index >= 15 is 0 Å². The van der Waals surface area contributed by atoms with Crippen LogP contribution in [-0.4, -0.2) is 25.7 Å². The molecule has 0 atom stereocenters. The highest BCUT2D eigenvalue weighted by Gasteiger charge is 2.06. The monoisotopic (exact) mass is 284 g/mol. The highest BCUT2D eigenvalue weighted by atomic mass is 16.5. The fraction of sp³-hybridized carbons (Fsp3) is 0.294. The topological polar surface area (TPSA) is 62.1 Å². The van der Waals surface area contributed by atoms with E-state index in [0.717, 1.165) is 12.0 Å². The summed E-state index contributed by atoms with van der Waals surface area (Å²) in [5.74, 6) is -0.355. The van der Waals surface area contributed by atoms with Crippen molar-refractivity contribution >= 4 is 12.0 Å². The first kappa shape index (κ1) is 16.7. The molecule has 1 N–H and O–H groups in total. The first-order valence-corrected chi connectivity index (χ1v) is 6.97. The number of benzene rings is 1. The Morgan fingerprint density at radius 2 is 2.14 bits per heavy atom. The Morgan fingerprint density at radius 3 is 2.81 bits per heavy atom. The van der Waals surface area contributed by atoms with Crippen molar-refractivity contribution in [2.75, 3.05) is 19.8 Å². The number of amides is 1. The number of nitriles is 1. The lowest BCUT2D eigenvalue weighted by molar-refractivity contribution is -0.117. The molecule has 0 saturated heterocycles. The molecule has 0 saturated carbocycles. The number of nitrogens with zero attached hydrogens (tertiary/aromatic N) is 1. The van der Waals surface area contributed by atoms with Crippen LogP contribution in [0.5, 0.6) is 0 Å². The predicted molar refractivity (Wildman–Crippen MR) is 83.3 cm³/mol. The number of hydrogen-bond donors (Lipinski definition) is 1. The van der Waals surface area contributed by atoms with Gasteiger partial charge in [-0.25, -0.2) is 0 Å². The van der Waals surface area contributed by atoms with Gasteiger partial charge in [-0.1, -0.05) is 42.5 Å². The van der Waals surface area contributed by atoms with E-state index < -0.39 is 0 Å². The van der Waals surface area contributed by atoms with E-state index in [1.807, 2.05) is 49.4 Å². The molecule has 4 nitrogen and oxygen atoms in total. The number of carbonyl (C=O) groups is 1. The maximum Gasteiger partial charge on any atom is 0.261 e. The van der Waals surface area contributed by atoms with E-state index in [1.165, 1.54) is 6.08 Å². The van der Waals surface area contributed by atoms with Crippen LogP contribution in [0, 0.1) is 11.3 Å². The predicted octanol–water partition coefficient (Wildman–Crippen LogP) is 2.69. The largest absolute Gasteiger partial charge is 0.382 e. The number of ether oxygens (including phenoxy) is 1. The molecule has 4 heteroatoms. The van der Waals surface area contributed by atoms with Gasteiger partial charge in [-0.15, -0.1) is 0 Å². The molecule has 0 aliphatic carbocycles. The van der Waals surface area contributed by atoms with Crippen LogP contribution in [0.3, 0.4) is 0 Å². The highest BCUT2D eigenvalue weighted by molar-refractivity contribution is 5.97. The molecule has 1 aromatic carbocycles. The SMILES string of the molecule is CCOCCCNC(=O)/C(C#N)=C/C=C/c1ccccc1. The van der Waals surface area contributed by atoms with Crippen LogP contribution in [0.25, 0.3) is 6.08 Å². The summed E-state index contributed by atoms with van der Waals surface area (Å²) < 4.78 is 5.17. The summed E-state index contributed by atoms with van der Waals surface area (Å²) in [6.07, 6.45) is 5.80. The van der Waals surface area contributed by atoms with Gasteiger partial charge in [0.2, 0.25) is 0 Å². The van der Waals surface area contributed by atoms with Crippen molar-refractivity contribution in [3.05, 3.63) is 53.6 Å². The van der Waals surface area contributed by atoms with E-state index in [-0.39, 0.29) is 11.5 Å². The van der Waals surface area contributed by atoms with Gasteiger partial charge in [-0.2, -0.15) is 5.26 Å². The first-order valence-electron chi connectivity index (χ1n) is 6.97. The van der Waals surface area contributed by atoms with Crippen LogP contribution in [-0.2, 0) is 9.53 Å².